The number of rotatable bonds is 7. The first-order chi connectivity index (χ1) is 31.0. The molecule has 1 aliphatic carbocycles. The molecule has 9 aromatic carbocycles. The molecule has 5 nitrogen and oxygen atoms in total. The smallest absolute Gasteiger partial charge is 0.164 e. The van der Waals surface area contributed by atoms with Crippen LogP contribution in [-0.4, -0.2) is 15.0 Å². The number of hydrogen-bond acceptors (Lipinski definition) is 5. The monoisotopic (exact) mass is 808 g/mol. The van der Waals surface area contributed by atoms with E-state index in [1.807, 2.05) is 30.3 Å². The van der Waals surface area contributed by atoms with E-state index >= 15 is 0 Å². The lowest BCUT2D eigenvalue weighted by atomic mass is 9.82. The zero-order chi connectivity index (χ0) is 42.1. The number of hydrogen-bond donors (Lipinski definition) is 0. The molecule has 0 amide bonds. The van der Waals surface area contributed by atoms with Crippen molar-refractivity contribution in [1.82, 2.24) is 15.0 Å². The third kappa shape index (κ3) is 6.04. The Morgan fingerprint density at radius 1 is 0.381 bits per heavy atom. The molecule has 0 bridgehead atoms. The van der Waals surface area contributed by atoms with Crippen LogP contribution in [0.1, 0.15) is 25.0 Å². The molecule has 0 aliphatic heterocycles. The van der Waals surface area contributed by atoms with Crippen molar-refractivity contribution in [3.05, 3.63) is 217 Å². The largest absolute Gasteiger partial charge is 0.456 e. The fraction of sp³-hybridized carbons (Fsp3) is 0.0517. The van der Waals surface area contributed by atoms with Gasteiger partial charge in [0.25, 0.3) is 0 Å². The molecule has 0 radical (unpaired) electrons. The summed E-state index contributed by atoms with van der Waals surface area (Å²) in [6, 6.07) is 72.4. The molecular formula is C58H40N4O. The minimum Gasteiger partial charge on any atom is -0.456 e. The molecule has 0 spiro atoms. The molecule has 0 atom stereocenters. The average molecular weight is 809 g/mol. The van der Waals surface area contributed by atoms with Crippen molar-refractivity contribution in [2.24, 2.45) is 0 Å². The Kier molecular flexibility index (Phi) is 8.44. The summed E-state index contributed by atoms with van der Waals surface area (Å²) >= 11 is 0. The second kappa shape index (κ2) is 14.5. The second-order valence-corrected chi connectivity index (χ2v) is 16.8. The Hall–Kier alpha value is -8.15. The Morgan fingerprint density at radius 2 is 0.937 bits per heavy atom. The van der Waals surface area contributed by atoms with E-state index in [1.54, 1.807) is 0 Å². The molecule has 63 heavy (non-hydrogen) atoms. The van der Waals surface area contributed by atoms with Crippen molar-refractivity contribution >= 4 is 49.8 Å². The van der Waals surface area contributed by atoms with Gasteiger partial charge >= 0.3 is 0 Å². The summed E-state index contributed by atoms with van der Waals surface area (Å²) in [5.74, 6) is 1.84. The maximum Gasteiger partial charge on any atom is 0.164 e. The highest BCUT2D eigenvalue weighted by Crippen LogP contribution is 2.50. The summed E-state index contributed by atoms with van der Waals surface area (Å²) in [5.41, 5.74) is 14.8. The third-order valence-electron chi connectivity index (χ3n) is 12.7. The number of para-hydroxylation sites is 1. The molecule has 0 N–H and O–H groups in total. The van der Waals surface area contributed by atoms with Gasteiger partial charge < -0.3 is 9.32 Å². The van der Waals surface area contributed by atoms with Crippen LogP contribution in [0.2, 0.25) is 0 Å². The Balaban J connectivity index is 1.06. The Morgan fingerprint density at radius 3 is 1.70 bits per heavy atom. The van der Waals surface area contributed by atoms with Crippen molar-refractivity contribution in [2.45, 2.75) is 19.3 Å². The molecule has 0 unspecified atom stereocenters. The first kappa shape index (κ1) is 36.7. The SMILES string of the molecule is CC1(C)c2ccccc2-c2ccc(-c3nc(-c4ccccc4)nc(-c4cccc5oc6cc(N(c7ccccc7)c7ccc(-c8ccccc8)cc7)c7ccccc7c6c45)n3)cc21. The lowest BCUT2D eigenvalue weighted by Crippen LogP contribution is -2.15. The van der Waals surface area contributed by atoms with E-state index in [4.69, 9.17) is 19.4 Å². The van der Waals surface area contributed by atoms with Crippen LogP contribution in [0.25, 0.3) is 89.1 Å². The number of anilines is 3. The maximum atomic E-state index is 6.90. The predicted octanol–water partition coefficient (Wildman–Crippen LogP) is 15.4. The summed E-state index contributed by atoms with van der Waals surface area (Å²) < 4.78 is 6.90. The summed E-state index contributed by atoms with van der Waals surface area (Å²) in [6.07, 6.45) is 0. The van der Waals surface area contributed by atoms with E-state index in [0.717, 1.165) is 66.5 Å². The van der Waals surface area contributed by atoms with E-state index in [2.05, 4.69) is 195 Å². The third-order valence-corrected chi connectivity index (χ3v) is 12.7. The molecule has 2 aromatic heterocycles. The highest BCUT2D eigenvalue weighted by atomic mass is 16.3. The first-order valence-electron chi connectivity index (χ1n) is 21.4. The van der Waals surface area contributed by atoms with Gasteiger partial charge in [0.05, 0.1) is 5.69 Å². The van der Waals surface area contributed by atoms with Crippen LogP contribution in [0.3, 0.4) is 0 Å². The summed E-state index contributed by atoms with van der Waals surface area (Å²) in [5, 5.41) is 4.17. The minimum atomic E-state index is -0.164. The van der Waals surface area contributed by atoms with Gasteiger partial charge in [-0.1, -0.05) is 178 Å². The molecule has 2 heterocycles. The minimum absolute atomic E-state index is 0.164. The molecule has 1 aliphatic rings. The average Bonchev–Trinajstić information content (AvgIpc) is 3.84. The molecule has 0 saturated carbocycles. The fourth-order valence-corrected chi connectivity index (χ4v) is 9.66. The summed E-state index contributed by atoms with van der Waals surface area (Å²) in [7, 11) is 0. The van der Waals surface area contributed by atoms with E-state index in [1.165, 1.54) is 33.4 Å². The maximum absolute atomic E-state index is 6.90. The number of furan rings is 1. The molecule has 298 valence electrons. The van der Waals surface area contributed by atoms with E-state index in [-0.39, 0.29) is 5.41 Å². The van der Waals surface area contributed by atoms with Crippen LogP contribution in [0, 0.1) is 0 Å². The quantitative estimate of drug-likeness (QED) is 0.160. The normalized spacial score (nSPS) is 12.7. The van der Waals surface area contributed by atoms with Gasteiger partial charge in [-0.2, -0.15) is 0 Å². The molecule has 12 rings (SSSR count). The predicted molar refractivity (Wildman–Crippen MR) is 259 cm³/mol. The van der Waals surface area contributed by atoms with Gasteiger partial charge in [0.15, 0.2) is 17.5 Å². The van der Waals surface area contributed by atoms with Crippen LogP contribution in [-0.2, 0) is 5.41 Å². The number of fused-ring (bicyclic) bond motifs is 8. The standard InChI is InChI=1S/C58H40N4O/c1-58(2)48-27-15-14-23-43(48)44-34-31-40(35-49(44)58)56-59-55(39-19-8-4-9-20-39)60-57(61-56)47-26-16-28-51-54(47)53-46-25-13-12-24-45(46)50(36-52(53)63-51)62(41-21-10-5-11-22-41)42-32-29-38(30-33-42)37-17-6-3-7-18-37/h3-36H,1-2H3. The summed E-state index contributed by atoms with van der Waals surface area (Å²) in [6.45, 7) is 4.60. The van der Waals surface area contributed by atoms with Crippen molar-refractivity contribution in [3.63, 3.8) is 0 Å². The molecule has 0 fully saturated rings. The first-order valence-corrected chi connectivity index (χ1v) is 21.4. The van der Waals surface area contributed by atoms with Crippen molar-refractivity contribution in [1.29, 1.82) is 0 Å². The van der Waals surface area contributed by atoms with Crippen LogP contribution in [0.15, 0.2) is 211 Å². The van der Waals surface area contributed by atoms with E-state index < -0.39 is 0 Å². The van der Waals surface area contributed by atoms with Crippen molar-refractivity contribution in [2.75, 3.05) is 4.90 Å². The molecule has 5 heteroatoms. The number of benzene rings is 9. The highest BCUT2D eigenvalue weighted by Gasteiger charge is 2.35. The fourth-order valence-electron chi connectivity index (χ4n) is 9.66. The topological polar surface area (TPSA) is 55.1 Å². The highest BCUT2D eigenvalue weighted by molar-refractivity contribution is 6.25. The molecule has 0 saturated heterocycles. The van der Waals surface area contributed by atoms with Gasteiger partial charge in [0.1, 0.15) is 11.2 Å². The van der Waals surface area contributed by atoms with Gasteiger partial charge in [-0.3, -0.25) is 0 Å². The van der Waals surface area contributed by atoms with Crippen molar-refractivity contribution < 1.29 is 4.42 Å². The zero-order valence-corrected chi connectivity index (χ0v) is 34.8. The lowest BCUT2D eigenvalue weighted by molar-refractivity contribution is 0.660. The zero-order valence-electron chi connectivity index (χ0n) is 34.8. The van der Waals surface area contributed by atoms with Crippen LogP contribution < -0.4 is 4.90 Å². The van der Waals surface area contributed by atoms with Crippen LogP contribution >= 0.6 is 0 Å². The van der Waals surface area contributed by atoms with Gasteiger partial charge in [-0.25, -0.2) is 15.0 Å². The van der Waals surface area contributed by atoms with E-state index in [0.29, 0.717) is 17.5 Å². The molecular weight excluding hydrogens is 769 g/mol. The van der Waals surface area contributed by atoms with E-state index in [9.17, 15) is 0 Å². The van der Waals surface area contributed by atoms with Gasteiger partial charge in [-0.05, 0) is 75.2 Å². The molecule has 11 aromatic rings. The number of nitrogens with zero attached hydrogens (tertiary/aromatic N) is 4. The van der Waals surface area contributed by atoms with Gasteiger partial charge in [-0.15, -0.1) is 0 Å². The van der Waals surface area contributed by atoms with Crippen molar-refractivity contribution in [3.8, 4) is 56.4 Å². The van der Waals surface area contributed by atoms with Gasteiger partial charge in [0.2, 0.25) is 0 Å². The number of aromatic nitrogens is 3. The lowest BCUT2D eigenvalue weighted by Gasteiger charge is -2.27. The second-order valence-electron chi connectivity index (χ2n) is 16.8. The van der Waals surface area contributed by atoms with Gasteiger partial charge in [0, 0.05) is 55.7 Å². The van der Waals surface area contributed by atoms with Crippen LogP contribution in [0.5, 0.6) is 0 Å². The Labute approximate surface area is 365 Å². The Bertz CT molecular complexity index is 3520. The summed E-state index contributed by atoms with van der Waals surface area (Å²) in [4.78, 5) is 18.0. The van der Waals surface area contributed by atoms with Crippen LogP contribution in [0.4, 0.5) is 17.1 Å².